The van der Waals surface area contributed by atoms with Crippen LogP contribution in [0.25, 0.3) is 0 Å². The first kappa shape index (κ1) is 35.6. The molecular formula is C34H36F6N2O5. The number of ether oxygens (including phenoxy) is 2. The number of hydrogen-bond acceptors (Lipinski definition) is 5. The molecular weight excluding hydrogens is 630 g/mol. The van der Waals surface area contributed by atoms with E-state index in [9.17, 15) is 41.0 Å². The zero-order valence-electron chi connectivity index (χ0n) is 26.1. The van der Waals surface area contributed by atoms with Gasteiger partial charge in [-0.15, -0.1) is 0 Å². The number of aryl methyl sites for hydroxylation is 3. The topological polar surface area (TPSA) is 88.1 Å². The molecule has 254 valence electrons. The highest BCUT2D eigenvalue weighted by Crippen LogP contribution is 2.50. The molecule has 47 heavy (non-hydrogen) atoms. The van der Waals surface area contributed by atoms with Gasteiger partial charge in [0.15, 0.2) is 0 Å². The fourth-order valence-corrected chi connectivity index (χ4v) is 5.26. The van der Waals surface area contributed by atoms with Gasteiger partial charge >= 0.3 is 18.4 Å². The lowest BCUT2D eigenvalue weighted by molar-refractivity contribution is -0.376. The van der Waals surface area contributed by atoms with Gasteiger partial charge < -0.3 is 19.9 Å². The van der Waals surface area contributed by atoms with Crippen LogP contribution in [-0.2, 0) is 23.4 Å². The second-order valence-corrected chi connectivity index (χ2v) is 11.5. The van der Waals surface area contributed by atoms with E-state index in [4.69, 9.17) is 9.47 Å². The van der Waals surface area contributed by atoms with Crippen LogP contribution < -0.4 is 14.8 Å². The van der Waals surface area contributed by atoms with Crippen molar-refractivity contribution < 1.29 is 50.5 Å². The van der Waals surface area contributed by atoms with E-state index in [-0.39, 0.29) is 30.9 Å². The molecule has 1 fully saturated rings. The molecule has 1 saturated heterocycles. The van der Waals surface area contributed by atoms with Gasteiger partial charge in [-0.3, -0.25) is 9.69 Å². The van der Waals surface area contributed by atoms with Crippen LogP contribution in [0.4, 0.5) is 31.1 Å². The first-order valence-corrected chi connectivity index (χ1v) is 15.1. The third-order valence-electron chi connectivity index (χ3n) is 7.97. The maximum atomic E-state index is 13.4. The molecule has 0 radical (unpaired) electrons. The number of urea groups is 1. The Morgan fingerprint density at radius 3 is 2.19 bits per heavy atom. The van der Waals surface area contributed by atoms with Gasteiger partial charge in [-0.05, 0) is 79.6 Å². The van der Waals surface area contributed by atoms with Gasteiger partial charge in [0.05, 0.1) is 6.61 Å². The maximum Gasteiger partial charge on any atom is 0.430 e. The van der Waals surface area contributed by atoms with E-state index >= 15 is 0 Å². The molecule has 0 aliphatic carbocycles. The lowest BCUT2D eigenvalue weighted by Gasteiger charge is -2.33. The van der Waals surface area contributed by atoms with Gasteiger partial charge in [0.1, 0.15) is 24.1 Å². The minimum absolute atomic E-state index is 0.0193. The van der Waals surface area contributed by atoms with Crippen LogP contribution in [-0.4, -0.2) is 47.4 Å². The van der Waals surface area contributed by atoms with Gasteiger partial charge in [0.2, 0.25) is 0 Å². The van der Waals surface area contributed by atoms with E-state index in [1.54, 1.807) is 19.1 Å². The third kappa shape index (κ3) is 7.83. The number of amides is 3. The number of hydrogen-bond donors (Lipinski definition) is 2. The van der Waals surface area contributed by atoms with Crippen molar-refractivity contribution in [1.29, 1.82) is 0 Å². The molecule has 4 rings (SSSR count). The standard InChI is InChI=1S/C34H36F6N2O5/c1-4-7-24-18-25(32(45,33(35,36)37)34(38,39)40)13-15-28(24)46-17-6-5-16-42-30(43)29(41-31(42)44)27-19-26(14-10-22(27)3)47-20-23-11-8-21(2)9-12-23/h8-15,18-19,29,45H,4-7,16-17,20H2,1-3H3,(H,41,44). The van der Waals surface area contributed by atoms with Crippen LogP contribution in [0.3, 0.4) is 0 Å². The predicted octanol–water partition coefficient (Wildman–Crippen LogP) is 7.60. The number of rotatable bonds is 13. The van der Waals surface area contributed by atoms with E-state index in [1.807, 2.05) is 44.2 Å². The summed E-state index contributed by atoms with van der Waals surface area (Å²) in [6.45, 7) is 5.92. The summed E-state index contributed by atoms with van der Waals surface area (Å²) in [4.78, 5) is 27.0. The van der Waals surface area contributed by atoms with E-state index in [0.29, 0.717) is 49.3 Å². The Labute approximate surface area is 268 Å². The molecule has 1 heterocycles. The minimum atomic E-state index is -5.99. The molecule has 13 heteroatoms. The third-order valence-corrected chi connectivity index (χ3v) is 7.97. The van der Waals surface area contributed by atoms with Crippen LogP contribution in [0.2, 0.25) is 0 Å². The van der Waals surface area contributed by atoms with Crippen molar-refractivity contribution in [3.05, 3.63) is 94.0 Å². The molecule has 1 unspecified atom stereocenters. The molecule has 1 aliphatic heterocycles. The summed E-state index contributed by atoms with van der Waals surface area (Å²) in [5, 5.41) is 12.5. The van der Waals surface area contributed by atoms with Crippen LogP contribution in [0.1, 0.15) is 65.6 Å². The summed E-state index contributed by atoms with van der Waals surface area (Å²) in [7, 11) is 0. The number of alkyl halides is 6. The van der Waals surface area contributed by atoms with Crippen molar-refractivity contribution in [2.45, 2.75) is 77.1 Å². The summed E-state index contributed by atoms with van der Waals surface area (Å²) in [5.41, 5.74) is -2.80. The lowest BCUT2D eigenvalue weighted by atomic mass is 9.90. The van der Waals surface area contributed by atoms with Gasteiger partial charge in [-0.2, -0.15) is 26.3 Å². The summed E-state index contributed by atoms with van der Waals surface area (Å²) in [6.07, 6.45) is -10.8. The van der Waals surface area contributed by atoms with Gasteiger partial charge in [0, 0.05) is 12.1 Å². The smallest absolute Gasteiger partial charge is 0.430 e. The first-order chi connectivity index (χ1) is 22.1. The van der Waals surface area contributed by atoms with E-state index in [1.165, 1.54) is 0 Å². The molecule has 3 aromatic carbocycles. The molecule has 3 aromatic rings. The zero-order chi connectivity index (χ0) is 34.6. The highest BCUT2D eigenvalue weighted by atomic mass is 19.4. The second-order valence-electron chi connectivity index (χ2n) is 11.5. The molecule has 1 aliphatic rings. The number of benzene rings is 3. The van der Waals surface area contributed by atoms with Gasteiger partial charge in [-0.1, -0.05) is 55.3 Å². The molecule has 0 bridgehead atoms. The van der Waals surface area contributed by atoms with E-state index in [2.05, 4.69) is 5.32 Å². The normalized spacial score (nSPS) is 15.6. The van der Waals surface area contributed by atoms with E-state index < -0.39 is 41.5 Å². The zero-order valence-corrected chi connectivity index (χ0v) is 26.1. The Balaban J connectivity index is 1.35. The van der Waals surface area contributed by atoms with Gasteiger partial charge in [0.25, 0.3) is 11.5 Å². The Morgan fingerprint density at radius 2 is 1.55 bits per heavy atom. The summed E-state index contributed by atoms with van der Waals surface area (Å²) >= 11 is 0. The fraction of sp³-hybridized carbons (Fsp3) is 0.412. The quantitative estimate of drug-likeness (QED) is 0.112. The Morgan fingerprint density at radius 1 is 0.872 bits per heavy atom. The van der Waals surface area contributed by atoms with Crippen LogP contribution in [0.15, 0.2) is 60.7 Å². The monoisotopic (exact) mass is 666 g/mol. The second kappa shape index (κ2) is 14.2. The van der Waals surface area contributed by atoms with Crippen LogP contribution in [0.5, 0.6) is 11.5 Å². The number of nitrogens with zero attached hydrogens (tertiary/aromatic N) is 1. The van der Waals surface area contributed by atoms with Crippen molar-refractivity contribution >= 4 is 11.9 Å². The predicted molar refractivity (Wildman–Crippen MR) is 161 cm³/mol. The van der Waals surface area contributed by atoms with Crippen molar-refractivity contribution in [2.75, 3.05) is 13.2 Å². The average Bonchev–Trinajstić information content (AvgIpc) is 3.28. The molecule has 0 aromatic heterocycles. The van der Waals surface area contributed by atoms with Gasteiger partial charge in [-0.25, -0.2) is 4.79 Å². The highest BCUT2D eigenvalue weighted by molar-refractivity contribution is 6.04. The van der Waals surface area contributed by atoms with Crippen LogP contribution >= 0.6 is 0 Å². The number of carbonyl (C=O) groups is 2. The largest absolute Gasteiger partial charge is 0.493 e. The number of nitrogens with one attached hydrogen (secondary N) is 1. The SMILES string of the molecule is CCCc1cc(C(O)(C(F)(F)F)C(F)(F)F)ccc1OCCCCN1C(=O)NC(c2cc(OCc3ccc(C)cc3)ccc2C)C1=O. The van der Waals surface area contributed by atoms with Crippen molar-refractivity contribution in [2.24, 2.45) is 0 Å². The Hall–Kier alpha value is -4.26. The molecule has 3 amide bonds. The number of aliphatic hydroxyl groups is 1. The van der Waals surface area contributed by atoms with Crippen LogP contribution in [0, 0.1) is 13.8 Å². The first-order valence-electron chi connectivity index (χ1n) is 15.1. The molecule has 0 spiro atoms. The van der Waals surface area contributed by atoms with Crippen molar-refractivity contribution in [3.8, 4) is 11.5 Å². The Bertz CT molecular complexity index is 1560. The van der Waals surface area contributed by atoms with Crippen molar-refractivity contribution in [1.82, 2.24) is 10.2 Å². The number of imide groups is 1. The minimum Gasteiger partial charge on any atom is -0.493 e. The summed E-state index contributed by atoms with van der Waals surface area (Å²) in [6, 6.07) is 14.0. The average molecular weight is 667 g/mol. The molecule has 0 saturated carbocycles. The summed E-state index contributed by atoms with van der Waals surface area (Å²) < 4.78 is 91.8. The number of unbranched alkanes of at least 4 members (excludes halogenated alkanes) is 1. The van der Waals surface area contributed by atoms with Crippen molar-refractivity contribution in [3.63, 3.8) is 0 Å². The molecule has 1 atom stereocenters. The number of halogens is 6. The number of carbonyl (C=O) groups excluding carboxylic acids is 2. The maximum absolute atomic E-state index is 13.4. The lowest BCUT2D eigenvalue weighted by Crippen LogP contribution is -2.53. The summed E-state index contributed by atoms with van der Waals surface area (Å²) in [5.74, 6) is 0.190. The van der Waals surface area contributed by atoms with E-state index in [0.717, 1.165) is 27.7 Å². The molecule has 7 nitrogen and oxygen atoms in total. The highest BCUT2D eigenvalue weighted by Gasteiger charge is 2.71. The Kier molecular flexibility index (Phi) is 10.8. The molecule has 2 N–H and O–H groups in total. The fourth-order valence-electron chi connectivity index (χ4n) is 5.26.